The van der Waals surface area contributed by atoms with Gasteiger partial charge in [0, 0.05) is 24.4 Å². The SMILES string of the molecule is O=C1c2ccccc2C(Cc2ccncc2)CC1(F)F. The first-order valence-corrected chi connectivity index (χ1v) is 6.48. The van der Waals surface area contributed by atoms with Crippen LogP contribution in [-0.4, -0.2) is 16.7 Å². The van der Waals surface area contributed by atoms with Gasteiger partial charge >= 0.3 is 5.92 Å². The van der Waals surface area contributed by atoms with Gasteiger partial charge in [-0.25, -0.2) is 0 Å². The van der Waals surface area contributed by atoms with Gasteiger partial charge < -0.3 is 0 Å². The standard InChI is InChI=1S/C16H13F2NO/c17-16(18)10-12(9-11-5-7-19-8-6-11)13-3-1-2-4-14(13)15(16)20/h1-8,12H,9-10H2. The van der Waals surface area contributed by atoms with E-state index in [4.69, 9.17) is 0 Å². The van der Waals surface area contributed by atoms with Crippen LogP contribution in [0.1, 0.15) is 33.8 Å². The monoisotopic (exact) mass is 273 g/mol. The Hall–Kier alpha value is -2.10. The third-order valence-corrected chi connectivity index (χ3v) is 3.71. The molecule has 1 aromatic carbocycles. The number of aromatic nitrogens is 1. The summed E-state index contributed by atoms with van der Waals surface area (Å²) in [6, 6.07) is 10.3. The van der Waals surface area contributed by atoms with Gasteiger partial charge in [-0.05, 0) is 35.6 Å². The summed E-state index contributed by atoms with van der Waals surface area (Å²) < 4.78 is 27.7. The molecule has 3 rings (SSSR count). The molecule has 1 atom stereocenters. The highest BCUT2D eigenvalue weighted by Crippen LogP contribution is 2.41. The molecule has 1 aliphatic carbocycles. The van der Waals surface area contributed by atoms with Crippen LogP contribution < -0.4 is 0 Å². The van der Waals surface area contributed by atoms with Crippen molar-refractivity contribution in [3.63, 3.8) is 0 Å². The fraction of sp³-hybridized carbons (Fsp3) is 0.250. The van der Waals surface area contributed by atoms with Crippen LogP contribution in [0.3, 0.4) is 0 Å². The summed E-state index contributed by atoms with van der Waals surface area (Å²) >= 11 is 0. The number of ketones is 1. The molecule has 0 amide bonds. The number of fused-ring (bicyclic) bond motifs is 1. The maximum Gasteiger partial charge on any atom is 0.310 e. The van der Waals surface area contributed by atoms with Crippen LogP contribution in [0.4, 0.5) is 8.78 Å². The number of alkyl halides is 2. The Bertz CT molecular complexity index is 640. The van der Waals surface area contributed by atoms with Crippen LogP contribution in [-0.2, 0) is 6.42 Å². The second-order valence-corrected chi connectivity index (χ2v) is 5.08. The van der Waals surface area contributed by atoms with Crippen molar-refractivity contribution < 1.29 is 13.6 Å². The van der Waals surface area contributed by atoms with Crippen molar-refractivity contribution in [2.24, 2.45) is 0 Å². The van der Waals surface area contributed by atoms with Crippen molar-refractivity contribution in [1.82, 2.24) is 4.98 Å². The normalized spacial score (nSPS) is 20.5. The Morgan fingerprint density at radius 3 is 2.60 bits per heavy atom. The summed E-state index contributed by atoms with van der Waals surface area (Å²) in [6.07, 6.45) is 3.36. The zero-order valence-electron chi connectivity index (χ0n) is 10.7. The molecular weight excluding hydrogens is 260 g/mol. The highest BCUT2D eigenvalue weighted by Gasteiger charge is 2.47. The minimum absolute atomic E-state index is 0.155. The van der Waals surface area contributed by atoms with Gasteiger partial charge in [0.2, 0.25) is 5.78 Å². The second-order valence-electron chi connectivity index (χ2n) is 5.08. The number of halogens is 2. The molecule has 1 unspecified atom stereocenters. The number of nitrogens with zero attached hydrogens (tertiary/aromatic N) is 1. The van der Waals surface area contributed by atoms with Gasteiger partial charge in [-0.3, -0.25) is 9.78 Å². The van der Waals surface area contributed by atoms with Crippen molar-refractivity contribution in [2.75, 3.05) is 0 Å². The molecule has 0 bridgehead atoms. The van der Waals surface area contributed by atoms with Crippen molar-refractivity contribution in [3.05, 3.63) is 65.5 Å². The number of Topliss-reactive ketones (excluding diaryl/α,β-unsaturated/α-hetero) is 1. The number of hydrogen-bond donors (Lipinski definition) is 0. The van der Waals surface area contributed by atoms with E-state index in [1.165, 1.54) is 6.07 Å². The van der Waals surface area contributed by atoms with Crippen LogP contribution >= 0.6 is 0 Å². The van der Waals surface area contributed by atoms with Crippen LogP contribution in [0, 0.1) is 0 Å². The second kappa shape index (κ2) is 4.78. The van der Waals surface area contributed by atoms with E-state index in [0.717, 1.165) is 11.1 Å². The first-order valence-electron chi connectivity index (χ1n) is 6.48. The average molecular weight is 273 g/mol. The van der Waals surface area contributed by atoms with E-state index in [1.54, 1.807) is 30.6 Å². The molecule has 1 heterocycles. The summed E-state index contributed by atoms with van der Waals surface area (Å²) in [7, 11) is 0. The van der Waals surface area contributed by atoms with Crippen molar-refractivity contribution in [3.8, 4) is 0 Å². The topological polar surface area (TPSA) is 30.0 Å². The smallest absolute Gasteiger partial charge is 0.287 e. The molecule has 0 fully saturated rings. The zero-order chi connectivity index (χ0) is 14.2. The quantitative estimate of drug-likeness (QED) is 0.836. The maximum absolute atomic E-state index is 13.9. The summed E-state index contributed by atoms with van der Waals surface area (Å²) in [5.41, 5.74) is 1.83. The van der Waals surface area contributed by atoms with Crippen LogP contribution in [0.25, 0.3) is 0 Å². The summed E-state index contributed by atoms with van der Waals surface area (Å²) in [5, 5.41) is 0. The van der Waals surface area contributed by atoms with Crippen LogP contribution in [0.15, 0.2) is 48.8 Å². The van der Waals surface area contributed by atoms with E-state index in [2.05, 4.69) is 4.98 Å². The Morgan fingerprint density at radius 2 is 1.85 bits per heavy atom. The number of hydrogen-bond acceptors (Lipinski definition) is 2. The third-order valence-electron chi connectivity index (χ3n) is 3.71. The number of carbonyl (C=O) groups is 1. The zero-order valence-corrected chi connectivity index (χ0v) is 10.7. The molecule has 2 nitrogen and oxygen atoms in total. The molecule has 0 radical (unpaired) electrons. The molecule has 2 aromatic rings. The Kier molecular flexibility index (Phi) is 3.08. The summed E-state index contributed by atoms with van der Waals surface area (Å²) in [6.45, 7) is 0. The molecule has 0 saturated carbocycles. The predicted octanol–water partition coefficient (Wildman–Crippen LogP) is 3.63. The van der Waals surface area contributed by atoms with Crippen molar-refractivity contribution in [1.29, 1.82) is 0 Å². The molecule has 0 spiro atoms. The Labute approximate surface area is 115 Å². The first-order chi connectivity index (χ1) is 9.58. The third kappa shape index (κ3) is 2.22. The molecule has 20 heavy (non-hydrogen) atoms. The average Bonchev–Trinajstić information content (AvgIpc) is 2.45. The Morgan fingerprint density at radius 1 is 1.15 bits per heavy atom. The molecular formula is C16H13F2NO. The van der Waals surface area contributed by atoms with E-state index >= 15 is 0 Å². The van der Waals surface area contributed by atoms with Gasteiger partial charge in [0.15, 0.2) is 0 Å². The number of pyridine rings is 1. The van der Waals surface area contributed by atoms with Gasteiger partial charge in [-0.2, -0.15) is 8.78 Å². The molecule has 1 aliphatic rings. The largest absolute Gasteiger partial charge is 0.310 e. The lowest BCUT2D eigenvalue weighted by molar-refractivity contribution is -0.00353. The molecule has 0 aliphatic heterocycles. The van der Waals surface area contributed by atoms with Crippen molar-refractivity contribution in [2.45, 2.75) is 24.7 Å². The highest BCUT2D eigenvalue weighted by molar-refractivity contribution is 6.03. The molecule has 0 saturated heterocycles. The van der Waals surface area contributed by atoms with E-state index < -0.39 is 18.1 Å². The van der Waals surface area contributed by atoms with Crippen LogP contribution in [0.5, 0.6) is 0 Å². The van der Waals surface area contributed by atoms with E-state index in [0.29, 0.717) is 6.42 Å². The van der Waals surface area contributed by atoms with Gasteiger partial charge in [0.05, 0.1) is 0 Å². The number of benzene rings is 1. The lowest BCUT2D eigenvalue weighted by Crippen LogP contribution is -2.36. The molecule has 102 valence electrons. The first kappa shape index (κ1) is 12.9. The maximum atomic E-state index is 13.9. The minimum atomic E-state index is -3.27. The molecule has 0 N–H and O–H groups in total. The molecule has 1 aromatic heterocycles. The van der Waals surface area contributed by atoms with Gasteiger partial charge in [0.25, 0.3) is 0 Å². The van der Waals surface area contributed by atoms with E-state index in [1.807, 2.05) is 12.1 Å². The number of rotatable bonds is 2. The summed E-state index contributed by atoms with van der Waals surface area (Å²) in [5.74, 6) is -4.67. The van der Waals surface area contributed by atoms with Gasteiger partial charge in [-0.1, -0.05) is 24.3 Å². The minimum Gasteiger partial charge on any atom is -0.287 e. The fourth-order valence-electron chi connectivity index (χ4n) is 2.75. The lowest BCUT2D eigenvalue weighted by Gasteiger charge is -2.30. The fourth-order valence-corrected chi connectivity index (χ4v) is 2.75. The van der Waals surface area contributed by atoms with Crippen molar-refractivity contribution >= 4 is 5.78 Å². The van der Waals surface area contributed by atoms with Crippen LogP contribution in [0.2, 0.25) is 0 Å². The predicted molar refractivity (Wildman–Crippen MR) is 71.0 cm³/mol. The van der Waals surface area contributed by atoms with Gasteiger partial charge in [0.1, 0.15) is 0 Å². The van der Waals surface area contributed by atoms with E-state index in [9.17, 15) is 13.6 Å². The van der Waals surface area contributed by atoms with E-state index in [-0.39, 0.29) is 11.5 Å². The molecule has 4 heteroatoms. The summed E-state index contributed by atoms with van der Waals surface area (Å²) in [4.78, 5) is 15.7. The highest BCUT2D eigenvalue weighted by atomic mass is 19.3. The number of carbonyl (C=O) groups excluding carboxylic acids is 1. The van der Waals surface area contributed by atoms with Gasteiger partial charge in [-0.15, -0.1) is 0 Å². The Balaban J connectivity index is 1.99. The lowest BCUT2D eigenvalue weighted by atomic mass is 9.77.